The number of nitro benzene ring substituents is 1. The summed E-state index contributed by atoms with van der Waals surface area (Å²) in [5, 5.41) is 26.8. The summed E-state index contributed by atoms with van der Waals surface area (Å²) < 4.78 is 19.8. The second kappa shape index (κ2) is 7.92. The van der Waals surface area contributed by atoms with Crippen molar-refractivity contribution in [3.63, 3.8) is 0 Å². The van der Waals surface area contributed by atoms with Crippen LogP contribution in [0.3, 0.4) is 0 Å². The number of hydrogen-bond donors (Lipinski definition) is 2. The van der Waals surface area contributed by atoms with Crippen LogP contribution in [0.1, 0.15) is 10.5 Å². The molecule has 0 bridgehead atoms. The number of aromatic nitrogens is 2. The summed E-state index contributed by atoms with van der Waals surface area (Å²) in [5.41, 5.74) is -0.414. The molecule has 0 spiro atoms. The molecule has 144 valence electrons. The van der Waals surface area contributed by atoms with E-state index in [-0.39, 0.29) is 34.6 Å². The van der Waals surface area contributed by atoms with Crippen molar-refractivity contribution in [2.45, 2.75) is 6.73 Å². The van der Waals surface area contributed by atoms with Crippen molar-refractivity contribution in [3.05, 3.63) is 75.3 Å². The molecule has 0 radical (unpaired) electrons. The van der Waals surface area contributed by atoms with Gasteiger partial charge in [-0.15, -0.1) is 0 Å². The maximum atomic E-state index is 13.1. The average molecular weight is 407 g/mol. The van der Waals surface area contributed by atoms with Crippen molar-refractivity contribution >= 4 is 28.9 Å². The highest BCUT2D eigenvalue weighted by atomic mass is 35.5. The van der Waals surface area contributed by atoms with Crippen molar-refractivity contribution in [3.8, 4) is 11.5 Å². The predicted octanol–water partition coefficient (Wildman–Crippen LogP) is 3.58. The van der Waals surface area contributed by atoms with Gasteiger partial charge in [0.1, 0.15) is 17.3 Å². The monoisotopic (exact) mass is 406 g/mol. The number of phenols is 1. The van der Waals surface area contributed by atoms with E-state index in [1.165, 1.54) is 29.1 Å². The van der Waals surface area contributed by atoms with Gasteiger partial charge >= 0.3 is 0 Å². The average Bonchev–Trinajstić information content (AvgIpc) is 3.13. The van der Waals surface area contributed by atoms with E-state index in [9.17, 15) is 24.4 Å². The van der Waals surface area contributed by atoms with Gasteiger partial charge in [-0.05, 0) is 24.3 Å². The maximum absolute atomic E-state index is 13.1. The molecule has 0 unspecified atom stereocenters. The Morgan fingerprint density at radius 1 is 1.32 bits per heavy atom. The highest BCUT2D eigenvalue weighted by molar-refractivity contribution is 6.30. The number of nitrogens with zero attached hydrogens (tertiary/aromatic N) is 3. The second-order valence-electron chi connectivity index (χ2n) is 5.50. The molecule has 2 N–H and O–H groups in total. The first kappa shape index (κ1) is 19.1. The van der Waals surface area contributed by atoms with Crippen LogP contribution in [-0.2, 0) is 6.73 Å². The lowest BCUT2D eigenvalue weighted by Gasteiger charge is -2.07. The van der Waals surface area contributed by atoms with E-state index in [0.29, 0.717) is 5.75 Å². The fourth-order valence-corrected chi connectivity index (χ4v) is 2.36. The van der Waals surface area contributed by atoms with Gasteiger partial charge in [0.15, 0.2) is 12.4 Å². The van der Waals surface area contributed by atoms with E-state index < -0.39 is 16.6 Å². The van der Waals surface area contributed by atoms with Gasteiger partial charge in [0.05, 0.1) is 15.6 Å². The molecule has 0 saturated heterocycles. The number of benzene rings is 2. The minimum Gasteiger partial charge on any atom is -0.506 e. The fraction of sp³-hybridized carbons (Fsp3) is 0.0588. The quantitative estimate of drug-likeness (QED) is 0.367. The molecule has 28 heavy (non-hydrogen) atoms. The molecule has 3 aromatic rings. The third-order valence-corrected chi connectivity index (χ3v) is 3.86. The molecular weight excluding hydrogens is 395 g/mol. The van der Waals surface area contributed by atoms with Crippen molar-refractivity contribution in [1.29, 1.82) is 0 Å². The van der Waals surface area contributed by atoms with E-state index in [0.717, 1.165) is 24.3 Å². The summed E-state index contributed by atoms with van der Waals surface area (Å²) in [4.78, 5) is 22.4. The van der Waals surface area contributed by atoms with Crippen molar-refractivity contribution < 1.29 is 24.0 Å². The standard InChI is InChI=1S/C17H12ClFN4O5/c18-12-8-11(2-3-13(12)19)28-9-22-6-5-14(21-22)17(25)20-15-7-10(23(26)27)1-4-16(15)24/h1-8,24H,9H2,(H,20,25). The van der Waals surface area contributed by atoms with Crippen LogP contribution in [0.5, 0.6) is 11.5 Å². The molecule has 0 aliphatic carbocycles. The van der Waals surface area contributed by atoms with Crippen LogP contribution in [0, 0.1) is 15.9 Å². The second-order valence-corrected chi connectivity index (χ2v) is 5.91. The lowest BCUT2D eigenvalue weighted by atomic mass is 10.2. The molecule has 11 heteroatoms. The molecule has 0 aliphatic rings. The zero-order valence-corrected chi connectivity index (χ0v) is 14.8. The number of ether oxygens (including phenoxy) is 1. The number of phenolic OH excluding ortho intramolecular Hbond substituents is 1. The highest BCUT2D eigenvalue weighted by Crippen LogP contribution is 2.28. The number of aromatic hydroxyl groups is 1. The normalized spacial score (nSPS) is 10.5. The van der Waals surface area contributed by atoms with Crippen LogP contribution >= 0.6 is 11.6 Å². The number of carbonyl (C=O) groups is 1. The fourth-order valence-electron chi connectivity index (χ4n) is 2.19. The van der Waals surface area contributed by atoms with Crippen LogP contribution in [0.15, 0.2) is 48.7 Å². The van der Waals surface area contributed by atoms with Crippen LogP contribution in [-0.4, -0.2) is 25.7 Å². The van der Waals surface area contributed by atoms with E-state index in [4.69, 9.17) is 16.3 Å². The number of non-ortho nitro benzene ring substituents is 1. The van der Waals surface area contributed by atoms with Crippen molar-refractivity contribution in [2.24, 2.45) is 0 Å². The first-order chi connectivity index (χ1) is 13.3. The molecule has 1 heterocycles. The van der Waals surface area contributed by atoms with Gasteiger partial charge in [0.2, 0.25) is 0 Å². The molecule has 3 rings (SSSR count). The molecule has 1 amide bonds. The summed E-state index contributed by atoms with van der Waals surface area (Å²) in [7, 11) is 0. The summed E-state index contributed by atoms with van der Waals surface area (Å²) >= 11 is 5.67. The number of hydrogen-bond acceptors (Lipinski definition) is 6. The molecule has 0 fully saturated rings. The number of amides is 1. The highest BCUT2D eigenvalue weighted by Gasteiger charge is 2.15. The minimum absolute atomic E-state index is 0.00774. The van der Waals surface area contributed by atoms with Crippen LogP contribution in [0.2, 0.25) is 5.02 Å². The summed E-state index contributed by atoms with van der Waals surface area (Å²) in [6.45, 7) is -0.0721. The van der Waals surface area contributed by atoms with Gasteiger partial charge in [0.25, 0.3) is 11.6 Å². The lowest BCUT2D eigenvalue weighted by Crippen LogP contribution is -2.14. The topological polar surface area (TPSA) is 120 Å². The zero-order chi connectivity index (χ0) is 20.3. The van der Waals surface area contributed by atoms with Crippen LogP contribution in [0.25, 0.3) is 0 Å². The van der Waals surface area contributed by atoms with Crippen molar-refractivity contribution in [2.75, 3.05) is 5.32 Å². The molecule has 2 aromatic carbocycles. The molecule has 9 nitrogen and oxygen atoms in total. The Kier molecular flexibility index (Phi) is 5.41. The predicted molar refractivity (Wildman–Crippen MR) is 97.0 cm³/mol. The SMILES string of the molecule is O=C(Nc1cc([N+](=O)[O-])ccc1O)c1ccn(COc2ccc(F)c(Cl)c2)n1. The third-order valence-electron chi connectivity index (χ3n) is 3.57. The largest absolute Gasteiger partial charge is 0.506 e. The molecule has 0 atom stereocenters. The summed E-state index contributed by atoms with van der Waals surface area (Å²) in [6, 6.07) is 8.50. The van der Waals surface area contributed by atoms with Crippen molar-refractivity contribution in [1.82, 2.24) is 9.78 Å². The van der Waals surface area contributed by atoms with E-state index in [2.05, 4.69) is 10.4 Å². The Morgan fingerprint density at radius 2 is 2.11 bits per heavy atom. The first-order valence-corrected chi connectivity index (χ1v) is 8.11. The Bertz CT molecular complexity index is 1060. The van der Waals surface area contributed by atoms with Gasteiger partial charge in [-0.2, -0.15) is 5.10 Å². The Morgan fingerprint density at radius 3 is 2.82 bits per heavy atom. The zero-order valence-electron chi connectivity index (χ0n) is 14.0. The molecule has 0 aliphatic heterocycles. The van der Waals surface area contributed by atoms with Gasteiger partial charge in [0, 0.05) is 24.4 Å². The number of halogens is 2. The maximum Gasteiger partial charge on any atom is 0.276 e. The number of carbonyl (C=O) groups excluding carboxylic acids is 1. The Labute approximate surface area is 162 Å². The molecule has 0 saturated carbocycles. The summed E-state index contributed by atoms with van der Waals surface area (Å²) in [5.74, 6) is -1.26. The molecule has 1 aromatic heterocycles. The van der Waals surface area contributed by atoms with Gasteiger partial charge in [-0.1, -0.05) is 11.6 Å². The number of nitrogens with one attached hydrogen (secondary N) is 1. The number of anilines is 1. The number of rotatable bonds is 6. The van der Waals surface area contributed by atoms with E-state index >= 15 is 0 Å². The van der Waals surface area contributed by atoms with E-state index in [1.807, 2.05) is 0 Å². The minimum atomic E-state index is -0.681. The molecular formula is C17H12ClFN4O5. The van der Waals surface area contributed by atoms with Gasteiger partial charge < -0.3 is 15.2 Å². The van der Waals surface area contributed by atoms with Crippen LogP contribution in [0.4, 0.5) is 15.8 Å². The van der Waals surface area contributed by atoms with Gasteiger partial charge in [-0.3, -0.25) is 14.9 Å². The van der Waals surface area contributed by atoms with Gasteiger partial charge in [-0.25, -0.2) is 9.07 Å². The first-order valence-electron chi connectivity index (χ1n) is 7.73. The van der Waals surface area contributed by atoms with Crippen LogP contribution < -0.4 is 10.1 Å². The lowest BCUT2D eigenvalue weighted by molar-refractivity contribution is -0.384. The van der Waals surface area contributed by atoms with E-state index in [1.54, 1.807) is 0 Å². The third kappa shape index (κ3) is 4.35. The number of nitro groups is 1. The Balaban J connectivity index is 1.66. The Hall–Kier alpha value is -3.66. The smallest absolute Gasteiger partial charge is 0.276 e. The summed E-state index contributed by atoms with van der Waals surface area (Å²) in [6.07, 6.45) is 1.47.